The molecule has 0 N–H and O–H groups in total. The number of amides is 1. The predicted octanol–water partition coefficient (Wildman–Crippen LogP) is 2.91. The monoisotopic (exact) mass is 369 g/mol. The Morgan fingerprint density at radius 2 is 1.74 bits per heavy atom. The van der Waals surface area contributed by atoms with E-state index in [4.69, 9.17) is 0 Å². The number of carbonyl (C=O) groups is 1. The van der Waals surface area contributed by atoms with Crippen molar-refractivity contribution in [2.24, 2.45) is 0 Å². The number of likely N-dealkylation sites (N-methyl/N-ethyl adjacent to an activating group) is 1. The van der Waals surface area contributed by atoms with E-state index in [9.17, 15) is 9.18 Å². The van der Waals surface area contributed by atoms with Gasteiger partial charge in [-0.25, -0.2) is 4.39 Å². The van der Waals surface area contributed by atoms with Crippen LogP contribution in [0.1, 0.15) is 16.7 Å². The van der Waals surface area contributed by atoms with Gasteiger partial charge in [0.15, 0.2) is 0 Å². The Kier molecular flexibility index (Phi) is 6.58. The number of hydrogen-bond donors (Lipinski definition) is 0. The summed E-state index contributed by atoms with van der Waals surface area (Å²) in [5.41, 5.74) is 3.18. The first-order chi connectivity index (χ1) is 13.0. The molecule has 0 radical (unpaired) electrons. The largest absolute Gasteiger partial charge is 0.340 e. The zero-order valence-corrected chi connectivity index (χ0v) is 16.2. The SMILES string of the molecule is Cc1cccc(CN2CCN(CC(=O)N(C)Cc3ccccc3F)CC2)c1. The van der Waals surface area contributed by atoms with E-state index in [2.05, 4.69) is 41.0 Å². The van der Waals surface area contributed by atoms with Gasteiger partial charge in [0.25, 0.3) is 0 Å². The average molecular weight is 369 g/mol. The number of hydrogen-bond acceptors (Lipinski definition) is 3. The third kappa shape index (κ3) is 5.62. The molecule has 0 aliphatic carbocycles. The van der Waals surface area contributed by atoms with Crippen LogP contribution in [0.2, 0.25) is 0 Å². The van der Waals surface area contributed by atoms with Crippen LogP contribution < -0.4 is 0 Å². The summed E-state index contributed by atoms with van der Waals surface area (Å²) in [5, 5.41) is 0. The van der Waals surface area contributed by atoms with E-state index in [1.165, 1.54) is 17.2 Å². The van der Waals surface area contributed by atoms with Gasteiger partial charge in [-0.1, -0.05) is 48.0 Å². The smallest absolute Gasteiger partial charge is 0.236 e. The first-order valence-electron chi connectivity index (χ1n) is 9.49. The topological polar surface area (TPSA) is 26.8 Å². The zero-order chi connectivity index (χ0) is 19.2. The Labute approximate surface area is 161 Å². The van der Waals surface area contributed by atoms with Crippen molar-refractivity contribution in [1.29, 1.82) is 0 Å². The summed E-state index contributed by atoms with van der Waals surface area (Å²) in [6.07, 6.45) is 0. The highest BCUT2D eigenvalue weighted by atomic mass is 19.1. The second kappa shape index (κ2) is 9.11. The maximum Gasteiger partial charge on any atom is 0.236 e. The summed E-state index contributed by atoms with van der Waals surface area (Å²) in [6.45, 7) is 7.44. The molecule has 3 rings (SSSR count). The molecule has 0 saturated carbocycles. The third-order valence-corrected chi connectivity index (χ3v) is 5.10. The maximum absolute atomic E-state index is 13.8. The van der Waals surface area contributed by atoms with Crippen molar-refractivity contribution >= 4 is 5.91 Å². The van der Waals surface area contributed by atoms with Gasteiger partial charge >= 0.3 is 0 Å². The lowest BCUT2D eigenvalue weighted by Gasteiger charge is -2.35. The van der Waals surface area contributed by atoms with E-state index in [0.29, 0.717) is 18.7 Å². The van der Waals surface area contributed by atoms with Crippen LogP contribution in [0, 0.1) is 12.7 Å². The molecule has 0 atom stereocenters. The van der Waals surface area contributed by atoms with E-state index < -0.39 is 0 Å². The minimum atomic E-state index is -0.262. The molecular weight excluding hydrogens is 341 g/mol. The van der Waals surface area contributed by atoms with Crippen molar-refractivity contribution in [2.45, 2.75) is 20.0 Å². The van der Waals surface area contributed by atoms with E-state index in [1.54, 1.807) is 30.1 Å². The Bertz CT molecular complexity index is 772. The Balaban J connectivity index is 1.44. The fraction of sp³-hybridized carbons (Fsp3) is 0.409. The van der Waals surface area contributed by atoms with Crippen LogP contribution in [0.15, 0.2) is 48.5 Å². The molecule has 5 heteroatoms. The standard InChI is InChI=1S/C22H28FN3O/c1-18-6-5-7-19(14-18)15-25-10-12-26(13-11-25)17-22(27)24(2)16-20-8-3-4-9-21(20)23/h3-9,14H,10-13,15-17H2,1-2H3. The summed E-state index contributed by atoms with van der Waals surface area (Å²) in [6, 6.07) is 15.2. The number of halogens is 1. The molecule has 4 nitrogen and oxygen atoms in total. The van der Waals surface area contributed by atoms with Crippen molar-refractivity contribution in [2.75, 3.05) is 39.8 Å². The fourth-order valence-electron chi connectivity index (χ4n) is 3.46. The number of benzene rings is 2. The molecule has 1 amide bonds. The van der Waals surface area contributed by atoms with Crippen molar-refractivity contribution in [3.8, 4) is 0 Å². The molecule has 1 fully saturated rings. The molecule has 2 aromatic carbocycles. The van der Waals surface area contributed by atoms with Crippen LogP contribution >= 0.6 is 0 Å². The molecular formula is C22H28FN3O. The molecule has 27 heavy (non-hydrogen) atoms. The molecule has 1 heterocycles. The second-order valence-electron chi connectivity index (χ2n) is 7.38. The van der Waals surface area contributed by atoms with Crippen LogP contribution in [-0.2, 0) is 17.9 Å². The lowest BCUT2D eigenvalue weighted by molar-refractivity contribution is -0.132. The Morgan fingerprint density at radius 1 is 1.04 bits per heavy atom. The van der Waals surface area contributed by atoms with Gasteiger partial charge in [-0.3, -0.25) is 14.6 Å². The second-order valence-corrected chi connectivity index (χ2v) is 7.38. The van der Waals surface area contributed by atoms with Gasteiger partial charge in [0.2, 0.25) is 5.91 Å². The van der Waals surface area contributed by atoms with Gasteiger partial charge in [-0.15, -0.1) is 0 Å². The van der Waals surface area contributed by atoms with Gasteiger partial charge in [0.1, 0.15) is 5.82 Å². The summed E-state index contributed by atoms with van der Waals surface area (Å²) in [5.74, 6) is -0.229. The van der Waals surface area contributed by atoms with Gasteiger partial charge in [-0.05, 0) is 18.6 Å². The molecule has 0 bridgehead atoms. The molecule has 1 saturated heterocycles. The van der Waals surface area contributed by atoms with Gasteiger partial charge in [0, 0.05) is 51.9 Å². The van der Waals surface area contributed by atoms with Crippen LogP contribution in [-0.4, -0.2) is 60.4 Å². The fourth-order valence-corrected chi connectivity index (χ4v) is 3.46. The van der Waals surface area contributed by atoms with Crippen LogP contribution in [0.4, 0.5) is 4.39 Å². The van der Waals surface area contributed by atoms with E-state index in [0.717, 1.165) is 32.7 Å². The number of aryl methyl sites for hydroxylation is 1. The summed E-state index contributed by atoms with van der Waals surface area (Å²) in [7, 11) is 1.74. The molecule has 2 aromatic rings. The van der Waals surface area contributed by atoms with Crippen LogP contribution in [0.3, 0.4) is 0 Å². The van der Waals surface area contributed by atoms with Crippen molar-refractivity contribution in [3.05, 3.63) is 71.0 Å². The number of nitrogens with zero attached hydrogens (tertiary/aromatic N) is 3. The lowest BCUT2D eigenvalue weighted by Crippen LogP contribution is -2.49. The predicted molar refractivity (Wildman–Crippen MR) is 106 cm³/mol. The van der Waals surface area contributed by atoms with Gasteiger partial charge in [-0.2, -0.15) is 0 Å². The van der Waals surface area contributed by atoms with Crippen LogP contribution in [0.25, 0.3) is 0 Å². The van der Waals surface area contributed by atoms with Crippen molar-refractivity contribution in [3.63, 3.8) is 0 Å². The van der Waals surface area contributed by atoms with Crippen molar-refractivity contribution in [1.82, 2.24) is 14.7 Å². The highest BCUT2D eigenvalue weighted by Gasteiger charge is 2.21. The highest BCUT2D eigenvalue weighted by Crippen LogP contribution is 2.12. The third-order valence-electron chi connectivity index (χ3n) is 5.10. The summed E-state index contributed by atoms with van der Waals surface area (Å²) >= 11 is 0. The molecule has 1 aliphatic heterocycles. The molecule has 0 spiro atoms. The highest BCUT2D eigenvalue weighted by molar-refractivity contribution is 5.78. The van der Waals surface area contributed by atoms with Crippen LogP contribution in [0.5, 0.6) is 0 Å². The Morgan fingerprint density at radius 3 is 2.44 bits per heavy atom. The van der Waals surface area contributed by atoms with E-state index in [-0.39, 0.29) is 11.7 Å². The van der Waals surface area contributed by atoms with Gasteiger partial charge < -0.3 is 4.90 Å². The van der Waals surface area contributed by atoms with E-state index in [1.807, 2.05) is 0 Å². The average Bonchev–Trinajstić information content (AvgIpc) is 2.65. The zero-order valence-electron chi connectivity index (χ0n) is 16.2. The number of piperazine rings is 1. The molecule has 0 unspecified atom stereocenters. The van der Waals surface area contributed by atoms with Gasteiger partial charge in [0.05, 0.1) is 6.54 Å². The lowest BCUT2D eigenvalue weighted by atomic mass is 10.1. The summed E-state index contributed by atoms with van der Waals surface area (Å²) in [4.78, 5) is 18.7. The molecule has 0 aromatic heterocycles. The number of carbonyl (C=O) groups excluding carboxylic acids is 1. The van der Waals surface area contributed by atoms with E-state index >= 15 is 0 Å². The maximum atomic E-state index is 13.8. The van der Waals surface area contributed by atoms with Crippen molar-refractivity contribution < 1.29 is 9.18 Å². The normalized spacial score (nSPS) is 15.7. The minimum absolute atomic E-state index is 0.0328. The molecule has 144 valence electrons. The Hall–Kier alpha value is -2.24. The molecule has 1 aliphatic rings. The first-order valence-corrected chi connectivity index (χ1v) is 9.49. The quantitative estimate of drug-likeness (QED) is 0.783. The first kappa shape index (κ1) is 19.5. The minimum Gasteiger partial charge on any atom is -0.340 e. The number of rotatable bonds is 6. The summed E-state index contributed by atoms with van der Waals surface area (Å²) < 4.78 is 13.8.